The summed E-state index contributed by atoms with van der Waals surface area (Å²) < 4.78 is 5.73. The van der Waals surface area contributed by atoms with Crippen LogP contribution in [0.5, 0.6) is 0 Å². The van der Waals surface area contributed by atoms with E-state index in [0.717, 1.165) is 6.42 Å². The lowest BCUT2D eigenvalue weighted by Gasteiger charge is -2.48. The second-order valence-electron chi connectivity index (χ2n) is 10.8. The SMILES string of the molecule is C=CCN(C)C(=O)O[C@H]1C(C)=C[C@]23C(=O)[C@@H](C=C(CO)[C@@H](O)[C@]12O)[C@H]1[C@@H](C[C@H]3C)C1(C)C. The second kappa shape index (κ2) is 7.27. The van der Waals surface area contributed by atoms with Crippen molar-refractivity contribution in [1.29, 1.82) is 0 Å². The van der Waals surface area contributed by atoms with E-state index in [1.54, 1.807) is 32.2 Å². The molecule has 0 aromatic carbocycles. The standard InChI is InChI=1S/C25H35NO6/c1-7-8-26(6)22(30)32-21-13(2)11-24-14(3)9-17-18(23(17,4)5)16(20(24)29)10-15(12-27)19(28)25(21,24)31/h7,10-11,14,16-19,21,27-28,31H,1,8-9,12H2,2-6H3/t14-,16+,17-,18+,19-,21+,24+,25+/m1/s1. The van der Waals surface area contributed by atoms with Gasteiger partial charge in [0.25, 0.3) is 0 Å². The molecule has 2 bridgehead atoms. The molecule has 4 aliphatic rings. The molecule has 0 radical (unpaired) electrons. The molecule has 0 aliphatic heterocycles. The van der Waals surface area contributed by atoms with Gasteiger partial charge in [0.1, 0.15) is 6.10 Å². The van der Waals surface area contributed by atoms with Gasteiger partial charge in [-0.15, -0.1) is 6.58 Å². The van der Waals surface area contributed by atoms with Gasteiger partial charge in [0.15, 0.2) is 17.5 Å². The fourth-order valence-electron chi connectivity index (χ4n) is 7.05. The summed E-state index contributed by atoms with van der Waals surface area (Å²) in [7, 11) is 1.55. The average molecular weight is 446 g/mol. The second-order valence-corrected chi connectivity index (χ2v) is 10.8. The van der Waals surface area contributed by atoms with Gasteiger partial charge < -0.3 is 25.0 Å². The number of allylic oxidation sites excluding steroid dienone is 1. The highest BCUT2D eigenvalue weighted by Crippen LogP contribution is 2.71. The van der Waals surface area contributed by atoms with E-state index in [0.29, 0.717) is 11.5 Å². The Labute approximate surface area is 189 Å². The fourth-order valence-corrected chi connectivity index (χ4v) is 7.05. The van der Waals surface area contributed by atoms with E-state index in [-0.39, 0.29) is 35.2 Å². The third-order valence-corrected chi connectivity index (χ3v) is 8.83. The zero-order valence-electron chi connectivity index (χ0n) is 19.5. The van der Waals surface area contributed by atoms with E-state index in [4.69, 9.17) is 4.74 Å². The molecule has 7 heteroatoms. The van der Waals surface area contributed by atoms with E-state index < -0.39 is 41.8 Å². The molecule has 0 unspecified atom stereocenters. The number of fused-ring (bicyclic) bond motifs is 3. The molecule has 4 rings (SSSR count). The summed E-state index contributed by atoms with van der Waals surface area (Å²) in [6.07, 6.45) is 2.21. The molecule has 0 aromatic heterocycles. The topological polar surface area (TPSA) is 107 Å². The van der Waals surface area contributed by atoms with Crippen LogP contribution in [0.1, 0.15) is 34.1 Å². The third kappa shape index (κ3) is 2.71. The van der Waals surface area contributed by atoms with Crippen LogP contribution in [0.4, 0.5) is 4.79 Å². The summed E-state index contributed by atoms with van der Waals surface area (Å²) in [5, 5.41) is 33.8. The summed E-state index contributed by atoms with van der Waals surface area (Å²) in [5.41, 5.74) is -2.83. The Morgan fingerprint density at radius 2 is 2.06 bits per heavy atom. The van der Waals surface area contributed by atoms with Gasteiger partial charge in [-0.3, -0.25) is 4.79 Å². The van der Waals surface area contributed by atoms with Crippen molar-refractivity contribution in [1.82, 2.24) is 4.90 Å². The predicted molar refractivity (Wildman–Crippen MR) is 118 cm³/mol. The minimum Gasteiger partial charge on any atom is -0.438 e. The number of hydrogen-bond acceptors (Lipinski definition) is 6. The maximum Gasteiger partial charge on any atom is 0.410 e. The highest BCUT2D eigenvalue weighted by molar-refractivity contribution is 5.95. The number of aliphatic hydroxyl groups is 3. The van der Waals surface area contributed by atoms with Crippen LogP contribution in [0.25, 0.3) is 0 Å². The molecule has 7 nitrogen and oxygen atoms in total. The number of carbonyl (C=O) groups is 2. The van der Waals surface area contributed by atoms with Gasteiger partial charge in [-0.1, -0.05) is 39.0 Å². The average Bonchev–Trinajstić information content (AvgIpc) is 3.22. The summed E-state index contributed by atoms with van der Waals surface area (Å²) in [6, 6.07) is 0. The summed E-state index contributed by atoms with van der Waals surface area (Å²) in [6.45, 7) is 11.3. The van der Waals surface area contributed by atoms with Gasteiger partial charge in [0.2, 0.25) is 0 Å². The first-order chi connectivity index (χ1) is 14.9. The zero-order chi connectivity index (χ0) is 23.8. The number of rotatable bonds is 4. The van der Waals surface area contributed by atoms with E-state index in [1.165, 1.54) is 4.90 Å². The molecule has 176 valence electrons. The number of hydrogen-bond donors (Lipinski definition) is 3. The number of Topliss-reactive ketones (excluding diaryl/α,β-unsaturated/α-hetero) is 1. The van der Waals surface area contributed by atoms with Crippen molar-refractivity contribution in [2.75, 3.05) is 20.2 Å². The Morgan fingerprint density at radius 3 is 2.66 bits per heavy atom. The highest BCUT2D eigenvalue weighted by atomic mass is 16.6. The monoisotopic (exact) mass is 445 g/mol. The molecule has 2 fully saturated rings. The molecule has 2 saturated carbocycles. The number of ketones is 1. The number of amides is 1. The molecular formula is C25H35NO6. The van der Waals surface area contributed by atoms with E-state index in [9.17, 15) is 24.9 Å². The van der Waals surface area contributed by atoms with Crippen molar-refractivity contribution in [3.05, 3.63) is 36.0 Å². The maximum absolute atomic E-state index is 14.2. The minimum absolute atomic E-state index is 0.0305. The van der Waals surface area contributed by atoms with Gasteiger partial charge in [0.05, 0.1) is 12.0 Å². The van der Waals surface area contributed by atoms with Crippen molar-refractivity contribution in [3.63, 3.8) is 0 Å². The van der Waals surface area contributed by atoms with Crippen molar-refractivity contribution < 1.29 is 29.6 Å². The fraction of sp³-hybridized carbons (Fsp3) is 0.680. The smallest absolute Gasteiger partial charge is 0.410 e. The van der Waals surface area contributed by atoms with Crippen molar-refractivity contribution in [2.24, 2.45) is 34.5 Å². The van der Waals surface area contributed by atoms with E-state index in [2.05, 4.69) is 20.4 Å². The zero-order valence-corrected chi connectivity index (χ0v) is 19.5. The molecule has 1 spiro atoms. The first-order valence-corrected chi connectivity index (χ1v) is 11.4. The Bertz CT molecular complexity index is 921. The first kappa shape index (κ1) is 23.2. The summed E-state index contributed by atoms with van der Waals surface area (Å²) in [4.78, 5) is 28.2. The van der Waals surface area contributed by atoms with Crippen LogP contribution in [0.2, 0.25) is 0 Å². The number of aliphatic hydroxyl groups excluding tert-OH is 2. The predicted octanol–water partition coefficient (Wildman–Crippen LogP) is 2.08. The third-order valence-electron chi connectivity index (χ3n) is 8.83. The molecule has 4 aliphatic carbocycles. The lowest BCUT2D eigenvalue weighted by Crippen LogP contribution is -2.66. The van der Waals surface area contributed by atoms with E-state index in [1.807, 2.05) is 6.92 Å². The molecule has 32 heavy (non-hydrogen) atoms. The van der Waals surface area contributed by atoms with Crippen molar-refractivity contribution >= 4 is 11.9 Å². The van der Waals surface area contributed by atoms with Crippen molar-refractivity contribution in [3.8, 4) is 0 Å². The van der Waals surface area contributed by atoms with Crippen LogP contribution >= 0.6 is 0 Å². The van der Waals surface area contributed by atoms with Crippen LogP contribution in [-0.2, 0) is 9.53 Å². The summed E-state index contributed by atoms with van der Waals surface area (Å²) >= 11 is 0. The summed E-state index contributed by atoms with van der Waals surface area (Å²) in [5.74, 6) is -0.583. The first-order valence-electron chi connectivity index (χ1n) is 11.4. The number of likely N-dealkylation sites (N-methyl/N-ethyl adjacent to an activating group) is 1. The van der Waals surface area contributed by atoms with Crippen molar-refractivity contribution in [2.45, 2.75) is 51.9 Å². The number of carbonyl (C=O) groups excluding carboxylic acids is 2. The molecule has 8 atom stereocenters. The normalized spacial score (nSPS) is 43.7. The Kier molecular flexibility index (Phi) is 5.27. The molecule has 3 N–H and O–H groups in total. The lowest BCUT2D eigenvalue weighted by molar-refractivity contribution is -0.191. The van der Waals surface area contributed by atoms with Gasteiger partial charge in [-0.05, 0) is 47.7 Å². The molecule has 0 saturated heterocycles. The Hall–Kier alpha value is -1.96. The molecule has 0 aromatic rings. The van der Waals surface area contributed by atoms with E-state index >= 15 is 0 Å². The Balaban J connectivity index is 1.86. The number of ether oxygens (including phenoxy) is 1. The Morgan fingerprint density at radius 1 is 1.41 bits per heavy atom. The van der Waals surface area contributed by atoms with Gasteiger partial charge in [0, 0.05) is 19.5 Å². The van der Waals surface area contributed by atoms with Crippen LogP contribution < -0.4 is 0 Å². The van der Waals surface area contributed by atoms with Crippen LogP contribution in [0.15, 0.2) is 36.0 Å². The van der Waals surface area contributed by atoms with Crippen LogP contribution in [0, 0.1) is 34.5 Å². The maximum atomic E-state index is 14.2. The molecule has 1 amide bonds. The van der Waals surface area contributed by atoms with Gasteiger partial charge in [-0.2, -0.15) is 0 Å². The van der Waals surface area contributed by atoms with Crippen LogP contribution in [-0.4, -0.2) is 70.1 Å². The lowest BCUT2D eigenvalue weighted by atomic mass is 9.59. The van der Waals surface area contributed by atoms with Crippen LogP contribution in [0.3, 0.4) is 0 Å². The van der Waals surface area contributed by atoms with Gasteiger partial charge >= 0.3 is 6.09 Å². The van der Waals surface area contributed by atoms with Gasteiger partial charge in [-0.25, -0.2) is 4.79 Å². The number of nitrogens with zero attached hydrogens (tertiary/aromatic N) is 1. The minimum atomic E-state index is -2.11. The quantitative estimate of drug-likeness (QED) is 0.572. The molecule has 0 heterocycles. The molecular weight excluding hydrogens is 410 g/mol. The highest BCUT2D eigenvalue weighted by Gasteiger charge is 2.76. The largest absolute Gasteiger partial charge is 0.438 e.